The average molecular weight is 1160 g/mol. The molecule has 4 nitrogen and oxygen atoms in total. The van der Waals surface area contributed by atoms with Crippen LogP contribution in [0.2, 0.25) is 15.1 Å². The minimum atomic E-state index is -0.194. The summed E-state index contributed by atoms with van der Waals surface area (Å²) in [5.74, 6) is 5.52. The molecule has 2 aromatic heterocycles. The van der Waals surface area contributed by atoms with E-state index in [2.05, 4.69) is 199 Å². The van der Waals surface area contributed by atoms with Crippen molar-refractivity contribution in [2.45, 2.75) is 241 Å². The van der Waals surface area contributed by atoms with Gasteiger partial charge in [0.05, 0.1) is 23.9 Å². The highest BCUT2D eigenvalue weighted by atomic mass is 35.5. The Morgan fingerprint density at radius 3 is 1.00 bits per heavy atom. The SMILES string of the molecule is CCC(CC)C(C)C.Cc1cc(CO)cc(C)c1C(C)C.Cc1cc(OC(C)C)cc(C)c1C(C)C.Cc1cccc(Cl)c1C(C)C.Cc1cccc(Cl)c1C(C)C.Cc1cncc(Cl)c1C(C)C.Cc1cncc(F)c1C(C)C. The second-order valence-electron chi connectivity index (χ2n) is 23.8. The lowest BCUT2D eigenvalue weighted by Gasteiger charge is -2.17. The number of pyridine rings is 2. The molecule has 0 unspecified atom stereocenters. The lowest BCUT2D eigenvalue weighted by atomic mass is 9.91. The summed E-state index contributed by atoms with van der Waals surface area (Å²) in [6.07, 6.45) is 9.43. The number of benzene rings is 4. The van der Waals surface area contributed by atoms with Crippen LogP contribution >= 0.6 is 34.8 Å². The van der Waals surface area contributed by atoms with Crippen molar-refractivity contribution in [1.29, 1.82) is 0 Å². The summed E-state index contributed by atoms with van der Waals surface area (Å²) in [5, 5.41) is 11.6. The van der Waals surface area contributed by atoms with Crippen molar-refractivity contribution in [3.63, 3.8) is 0 Å². The van der Waals surface area contributed by atoms with E-state index in [4.69, 9.17) is 44.6 Å². The maximum Gasteiger partial charge on any atom is 0.145 e. The van der Waals surface area contributed by atoms with E-state index < -0.39 is 0 Å². The minimum Gasteiger partial charge on any atom is -0.491 e. The molecule has 6 rings (SSSR count). The van der Waals surface area contributed by atoms with Crippen LogP contribution in [-0.4, -0.2) is 21.2 Å². The third kappa shape index (κ3) is 26.3. The monoisotopic (exact) mass is 1160 g/mol. The molecule has 446 valence electrons. The van der Waals surface area contributed by atoms with E-state index >= 15 is 0 Å². The van der Waals surface area contributed by atoms with Crippen LogP contribution in [0, 0.1) is 73.0 Å². The highest BCUT2D eigenvalue weighted by Gasteiger charge is 2.13. The van der Waals surface area contributed by atoms with Gasteiger partial charge in [-0.3, -0.25) is 9.97 Å². The highest BCUT2D eigenvalue weighted by Crippen LogP contribution is 2.31. The maximum absolute atomic E-state index is 13.0. The Balaban J connectivity index is 0.000000916. The molecule has 0 fully saturated rings. The van der Waals surface area contributed by atoms with Gasteiger partial charge in [-0.15, -0.1) is 0 Å². The molecule has 0 radical (unpaired) electrons. The van der Waals surface area contributed by atoms with Crippen LogP contribution < -0.4 is 4.74 Å². The molecule has 0 saturated carbocycles. The van der Waals surface area contributed by atoms with E-state index in [1.807, 2.05) is 58.2 Å². The first-order valence-electron chi connectivity index (χ1n) is 29.4. The first kappa shape index (κ1) is 75.7. The number of hydrogen-bond acceptors (Lipinski definition) is 4. The van der Waals surface area contributed by atoms with Gasteiger partial charge < -0.3 is 9.84 Å². The number of nitrogens with zero attached hydrogens (tertiary/aromatic N) is 2. The number of aryl methyl sites for hydroxylation is 8. The topological polar surface area (TPSA) is 55.2 Å². The van der Waals surface area contributed by atoms with Gasteiger partial charge >= 0.3 is 0 Å². The largest absolute Gasteiger partial charge is 0.491 e. The smallest absolute Gasteiger partial charge is 0.145 e. The van der Waals surface area contributed by atoms with Gasteiger partial charge in [0.1, 0.15) is 11.6 Å². The minimum absolute atomic E-state index is 0.139. The van der Waals surface area contributed by atoms with Crippen LogP contribution in [0.25, 0.3) is 0 Å². The number of ether oxygens (including phenoxy) is 1. The van der Waals surface area contributed by atoms with E-state index in [-0.39, 0.29) is 24.4 Å². The van der Waals surface area contributed by atoms with Gasteiger partial charge in [0, 0.05) is 28.6 Å². The molecular weight excluding hydrogens is 1050 g/mol. The molecular formula is C72H108Cl3FN2O2. The third-order valence-corrected chi connectivity index (χ3v) is 15.0. The van der Waals surface area contributed by atoms with Gasteiger partial charge in [0.15, 0.2) is 0 Å². The van der Waals surface area contributed by atoms with Crippen LogP contribution in [-0.2, 0) is 6.61 Å². The summed E-state index contributed by atoms with van der Waals surface area (Å²) < 4.78 is 18.7. The van der Waals surface area contributed by atoms with Crippen LogP contribution in [0.4, 0.5) is 4.39 Å². The number of halogens is 4. The molecule has 0 saturated heterocycles. The van der Waals surface area contributed by atoms with E-state index in [9.17, 15) is 4.39 Å². The number of aliphatic hydroxyl groups excluding tert-OH is 1. The molecule has 6 aromatic rings. The van der Waals surface area contributed by atoms with Crippen LogP contribution in [0.15, 0.2) is 85.5 Å². The van der Waals surface area contributed by atoms with Crippen molar-refractivity contribution in [3.8, 4) is 5.75 Å². The number of aliphatic hydroxyl groups is 1. The normalized spacial score (nSPS) is 10.8. The molecule has 0 aliphatic heterocycles. The summed E-state index contributed by atoms with van der Waals surface area (Å²) in [7, 11) is 0. The Morgan fingerprint density at radius 1 is 0.425 bits per heavy atom. The van der Waals surface area contributed by atoms with Gasteiger partial charge in [-0.25, -0.2) is 4.39 Å². The summed E-state index contributed by atoms with van der Waals surface area (Å²) in [4.78, 5) is 7.75. The third-order valence-electron chi connectivity index (χ3n) is 14.0. The molecule has 80 heavy (non-hydrogen) atoms. The first-order chi connectivity index (χ1) is 37.2. The number of aromatic nitrogens is 2. The maximum atomic E-state index is 13.0. The highest BCUT2D eigenvalue weighted by molar-refractivity contribution is 6.32. The van der Waals surface area contributed by atoms with Crippen molar-refractivity contribution in [3.05, 3.63) is 190 Å². The predicted molar refractivity (Wildman–Crippen MR) is 352 cm³/mol. The van der Waals surface area contributed by atoms with E-state index in [1.54, 1.807) is 12.4 Å². The van der Waals surface area contributed by atoms with Crippen molar-refractivity contribution < 1.29 is 14.2 Å². The molecule has 4 aromatic carbocycles. The summed E-state index contributed by atoms with van der Waals surface area (Å²) in [6, 6.07) is 20.5. The number of rotatable bonds is 12. The molecule has 2 heterocycles. The van der Waals surface area contributed by atoms with Gasteiger partial charge in [0.25, 0.3) is 0 Å². The molecule has 0 bridgehead atoms. The molecule has 0 aliphatic carbocycles. The Morgan fingerprint density at radius 2 is 0.762 bits per heavy atom. The molecule has 0 spiro atoms. The summed E-state index contributed by atoms with van der Waals surface area (Å²) in [6.45, 7) is 55.8. The average Bonchev–Trinajstić information content (AvgIpc) is 3.31. The zero-order chi connectivity index (χ0) is 61.9. The lowest BCUT2D eigenvalue weighted by molar-refractivity contribution is 0.242. The van der Waals surface area contributed by atoms with Crippen molar-refractivity contribution in [1.82, 2.24) is 9.97 Å². The second kappa shape index (κ2) is 38.5. The molecule has 0 atom stereocenters. The van der Waals surface area contributed by atoms with Gasteiger partial charge in [-0.05, 0) is 224 Å². The standard InChI is InChI=1S/C14H22O.C12H18O.2C10H13Cl.C9H12ClN.C9H12FN.C8H18/c1-9(2)14-11(5)7-13(8-12(14)6)15-10(3)4;1-8(2)12-9(3)5-11(7-13)6-10(12)4;2*1-7(2)10-8(3)5-4-6-9(10)11;2*1-6(2)9-7(3)4-11-5-8(9)10;1-5-8(6-2)7(3)4/h7-10H,1-6H3;5-6,8,13H,7H2,1-4H3;2*4-7H,1-3H3;2*4-6H,1-3H3;7-8H,5-6H2,1-4H3. The molecule has 0 amide bonds. The van der Waals surface area contributed by atoms with Gasteiger partial charge in [0.2, 0.25) is 0 Å². The molecule has 0 aliphatic rings. The van der Waals surface area contributed by atoms with Crippen LogP contribution in [0.3, 0.4) is 0 Å². The Labute approximate surface area is 504 Å². The predicted octanol–water partition coefficient (Wildman–Crippen LogP) is 23.6. The summed E-state index contributed by atoms with van der Waals surface area (Å²) >= 11 is 18.0. The lowest BCUT2D eigenvalue weighted by Crippen LogP contribution is -2.07. The van der Waals surface area contributed by atoms with Crippen LogP contribution in [0.1, 0.15) is 256 Å². The Hall–Kier alpha value is -4.26. The first-order valence-corrected chi connectivity index (χ1v) is 30.5. The van der Waals surface area contributed by atoms with Crippen molar-refractivity contribution in [2.75, 3.05) is 0 Å². The Bertz CT molecular complexity index is 2370. The van der Waals surface area contributed by atoms with E-state index in [0.29, 0.717) is 29.6 Å². The van der Waals surface area contributed by atoms with Crippen LogP contribution in [0.5, 0.6) is 5.75 Å². The zero-order valence-electron chi connectivity index (χ0n) is 54.7. The van der Waals surface area contributed by atoms with E-state index in [0.717, 1.165) is 49.3 Å². The molecule has 8 heteroatoms. The van der Waals surface area contributed by atoms with Crippen molar-refractivity contribution >= 4 is 34.8 Å². The second-order valence-corrected chi connectivity index (χ2v) is 25.1. The Kier molecular flexibility index (Phi) is 36.5. The fourth-order valence-electron chi connectivity index (χ4n) is 10.8. The zero-order valence-corrected chi connectivity index (χ0v) is 56.9. The quantitative estimate of drug-likeness (QED) is 0.133. The van der Waals surface area contributed by atoms with Crippen molar-refractivity contribution in [2.24, 2.45) is 11.8 Å². The fourth-order valence-corrected chi connectivity index (χ4v) is 12.1. The molecule has 1 N–H and O–H groups in total. The van der Waals surface area contributed by atoms with E-state index in [1.165, 1.54) is 85.8 Å². The van der Waals surface area contributed by atoms with Gasteiger partial charge in [-0.2, -0.15) is 0 Å². The van der Waals surface area contributed by atoms with Gasteiger partial charge in [-0.1, -0.05) is 195 Å². The fraction of sp³-hybridized carbons (Fsp3) is 0.528. The number of hydrogen-bond donors (Lipinski definition) is 1. The summed E-state index contributed by atoms with van der Waals surface area (Å²) in [5.41, 5.74) is 18.3.